The Kier molecular flexibility index (Phi) is 4.01. The summed E-state index contributed by atoms with van der Waals surface area (Å²) in [7, 11) is 0. The van der Waals surface area contributed by atoms with Crippen LogP contribution in [0, 0.1) is 18.3 Å². The second-order valence-corrected chi connectivity index (χ2v) is 4.73. The molecule has 1 atom stereocenters. The van der Waals surface area contributed by atoms with Crippen molar-refractivity contribution in [2.24, 2.45) is 0 Å². The monoisotopic (exact) mass is 250 g/mol. The molecular formula is C13H15ClN2O. The first-order valence-corrected chi connectivity index (χ1v) is 6.05. The second kappa shape index (κ2) is 5.50. The van der Waals surface area contributed by atoms with Crippen molar-refractivity contribution in [2.45, 2.75) is 19.6 Å². The number of morpholine rings is 1. The Morgan fingerprint density at radius 2 is 2.41 bits per heavy atom. The minimum absolute atomic E-state index is 0.312. The highest BCUT2D eigenvalue weighted by Crippen LogP contribution is 2.20. The van der Waals surface area contributed by atoms with E-state index in [-0.39, 0.29) is 6.10 Å². The molecule has 1 unspecified atom stereocenters. The Morgan fingerprint density at radius 1 is 1.59 bits per heavy atom. The van der Waals surface area contributed by atoms with Gasteiger partial charge in [-0.3, -0.25) is 4.90 Å². The van der Waals surface area contributed by atoms with Gasteiger partial charge in [-0.2, -0.15) is 5.26 Å². The summed E-state index contributed by atoms with van der Waals surface area (Å²) < 4.78 is 5.31. The number of ether oxygens (including phenoxy) is 1. The molecule has 2 rings (SSSR count). The molecule has 0 saturated carbocycles. The van der Waals surface area contributed by atoms with Gasteiger partial charge in [0.1, 0.15) is 0 Å². The number of hydrogen-bond acceptors (Lipinski definition) is 3. The molecule has 0 aromatic heterocycles. The fourth-order valence-corrected chi connectivity index (χ4v) is 2.24. The molecule has 90 valence electrons. The molecule has 0 aliphatic carbocycles. The van der Waals surface area contributed by atoms with Gasteiger partial charge >= 0.3 is 0 Å². The highest BCUT2D eigenvalue weighted by molar-refractivity contribution is 6.31. The Labute approximate surface area is 107 Å². The van der Waals surface area contributed by atoms with E-state index in [1.807, 2.05) is 13.0 Å². The molecule has 4 heteroatoms. The first kappa shape index (κ1) is 12.4. The lowest BCUT2D eigenvalue weighted by atomic mass is 10.1. The van der Waals surface area contributed by atoms with Crippen LogP contribution >= 0.6 is 11.6 Å². The Bertz CT molecular complexity index is 442. The van der Waals surface area contributed by atoms with Crippen LogP contribution in [0.3, 0.4) is 0 Å². The molecule has 17 heavy (non-hydrogen) atoms. The van der Waals surface area contributed by atoms with Gasteiger partial charge in [-0.1, -0.05) is 23.7 Å². The van der Waals surface area contributed by atoms with Crippen molar-refractivity contribution < 1.29 is 4.74 Å². The molecule has 0 bridgehead atoms. The number of hydrogen-bond donors (Lipinski definition) is 0. The van der Waals surface area contributed by atoms with E-state index in [1.54, 1.807) is 0 Å². The van der Waals surface area contributed by atoms with Crippen LogP contribution < -0.4 is 0 Å². The zero-order chi connectivity index (χ0) is 12.3. The molecule has 1 saturated heterocycles. The van der Waals surface area contributed by atoms with E-state index < -0.39 is 0 Å². The SMILES string of the molecule is Cc1ccc(CN2CCOC(C#N)C2)c(Cl)c1. The summed E-state index contributed by atoms with van der Waals surface area (Å²) in [4.78, 5) is 2.20. The van der Waals surface area contributed by atoms with Crippen molar-refractivity contribution in [3.8, 4) is 6.07 Å². The number of aryl methyl sites for hydroxylation is 1. The maximum atomic E-state index is 8.84. The van der Waals surface area contributed by atoms with Crippen LogP contribution in [0.25, 0.3) is 0 Å². The summed E-state index contributed by atoms with van der Waals surface area (Å²) >= 11 is 6.20. The first-order valence-electron chi connectivity index (χ1n) is 5.67. The van der Waals surface area contributed by atoms with E-state index in [9.17, 15) is 0 Å². The topological polar surface area (TPSA) is 36.3 Å². The molecule has 0 amide bonds. The lowest BCUT2D eigenvalue weighted by molar-refractivity contribution is -0.00268. The third kappa shape index (κ3) is 3.19. The van der Waals surface area contributed by atoms with Gasteiger partial charge in [-0.05, 0) is 24.1 Å². The third-order valence-electron chi connectivity index (χ3n) is 2.90. The lowest BCUT2D eigenvalue weighted by Crippen LogP contribution is -2.41. The number of rotatable bonds is 2. The summed E-state index contributed by atoms with van der Waals surface area (Å²) in [6.45, 7) is 4.92. The normalized spacial score (nSPS) is 21.1. The Hall–Kier alpha value is -1.08. The van der Waals surface area contributed by atoms with E-state index in [0.29, 0.717) is 13.2 Å². The van der Waals surface area contributed by atoms with Crippen LogP contribution in [0.15, 0.2) is 18.2 Å². The van der Waals surface area contributed by atoms with Gasteiger partial charge in [0.15, 0.2) is 6.10 Å². The van der Waals surface area contributed by atoms with Crippen molar-refractivity contribution in [3.05, 3.63) is 34.3 Å². The van der Waals surface area contributed by atoms with E-state index in [2.05, 4.69) is 23.1 Å². The van der Waals surface area contributed by atoms with Crippen LogP contribution in [-0.4, -0.2) is 30.7 Å². The summed E-state index contributed by atoms with van der Waals surface area (Å²) in [5, 5.41) is 9.63. The predicted octanol–water partition coefficient (Wildman–Crippen LogP) is 2.37. The van der Waals surface area contributed by atoms with Crippen LogP contribution in [0.1, 0.15) is 11.1 Å². The average molecular weight is 251 g/mol. The predicted molar refractivity (Wildman–Crippen MR) is 66.8 cm³/mol. The van der Waals surface area contributed by atoms with E-state index in [1.165, 1.54) is 0 Å². The number of nitriles is 1. The fraction of sp³-hybridized carbons (Fsp3) is 0.462. The maximum absolute atomic E-state index is 8.84. The molecule has 1 aliphatic heterocycles. The van der Waals surface area contributed by atoms with Gasteiger partial charge in [0, 0.05) is 24.7 Å². The largest absolute Gasteiger partial charge is 0.361 e. The van der Waals surface area contributed by atoms with Crippen molar-refractivity contribution in [2.75, 3.05) is 19.7 Å². The highest BCUT2D eigenvalue weighted by Gasteiger charge is 2.20. The van der Waals surface area contributed by atoms with Gasteiger partial charge in [-0.25, -0.2) is 0 Å². The zero-order valence-corrected chi connectivity index (χ0v) is 10.6. The lowest BCUT2D eigenvalue weighted by Gasteiger charge is -2.29. The second-order valence-electron chi connectivity index (χ2n) is 4.32. The summed E-state index contributed by atoms with van der Waals surface area (Å²) in [6, 6.07) is 8.23. The van der Waals surface area contributed by atoms with Gasteiger partial charge in [0.25, 0.3) is 0 Å². The van der Waals surface area contributed by atoms with Crippen molar-refractivity contribution in [3.63, 3.8) is 0 Å². The van der Waals surface area contributed by atoms with Crippen LogP contribution in [0.4, 0.5) is 0 Å². The van der Waals surface area contributed by atoms with Gasteiger partial charge in [0.05, 0.1) is 12.7 Å². The molecule has 0 N–H and O–H groups in total. The molecule has 3 nitrogen and oxygen atoms in total. The number of halogens is 1. The molecule has 1 heterocycles. The average Bonchev–Trinajstić information content (AvgIpc) is 2.33. The minimum Gasteiger partial charge on any atom is -0.361 e. The third-order valence-corrected chi connectivity index (χ3v) is 3.25. The molecule has 0 spiro atoms. The Balaban J connectivity index is 2.03. The molecule has 0 radical (unpaired) electrons. The van der Waals surface area contributed by atoms with Crippen LogP contribution in [0.5, 0.6) is 0 Å². The van der Waals surface area contributed by atoms with Gasteiger partial charge in [-0.15, -0.1) is 0 Å². The number of benzene rings is 1. The highest BCUT2D eigenvalue weighted by atomic mass is 35.5. The van der Waals surface area contributed by atoms with Crippen molar-refractivity contribution in [1.82, 2.24) is 4.90 Å². The Morgan fingerprint density at radius 3 is 3.12 bits per heavy atom. The molecule has 1 fully saturated rings. The minimum atomic E-state index is -0.312. The van der Waals surface area contributed by atoms with Crippen LogP contribution in [0.2, 0.25) is 5.02 Å². The van der Waals surface area contributed by atoms with E-state index in [4.69, 9.17) is 21.6 Å². The van der Waals surface area contributed by atoms with Crippen LogP contribution in [-0.2, 0) is 11.3 Å². The maximum Gasteiger partial charge on any atom is 0.156 e. The standard InChI is InChI=1S/C13H15ClN2O/c1-10-2-3-11(13(14)6-10)8-16-4-5-17-12(7-15)9-16/h2-3,6,12H,4-5,8-9H2,1H3. The molecule has 1 aromatic carbocycles. The van der Waals surface area contributed by atoms with Gasteiger partial charge < -0.3 is 4.74 Å². The smallest absolute Gasteiger partial charge is 0.156 e. The van der Waals surface area contributed by atoms with Gasteiger partial charge in [0.2, 0.25) is 0 Å². The summed E-state index contributed by atoms with van der Waals surface area (Å²) in [5.41, 5.74) is 2.27. The number of nitrogens with zero attached hydrogens (tertiary/aromatic N) is 2. The van der Waals surface area contributed by atoms with Crippen molar-refractivity contribution >= 4 is 11.6 Å². The van der Waals surface area contributed by atoms with E-state index in [0.717, 1.165) is 29.2 Å². The molecule has 1 aromatic rings. The zero-order valence-electron chi connectivity index (χ0n) is 9.82. The summed E-state index contributed by atoms with van der Waals surface area (Å²) in [6.07, 6.45) is -0.312. The molecular weight excluding hydrogens is 236 g/mol. The molecule has 1 aliphatic rings. The summed E-state index contributed by atoms with van der Waals surface area (Å²) in [5.74, 6) is 0. The van der Waals surface area contributed by atoms with Crippen molar-refractivity contribution in [1.29, 1.82) is 5.26 Å². The quantitative estimate of drug-likeness (QED) is 0.809. The van der Waals surface area contributed by atoms with E-state index >= 15 is 0 Å². The fourth-order valence-electron chi connectivity index (χ4n) is 1.95. The first-order chi connectivity index (χ1) is 8.19.